The smallest absolute Gasteiger partial charge is 0.363 e. The molecule has 0 fully saturated rings. The zero-order valence-corrected chi connectivity index (χ0v) is 19.6. The number of anilines is 1. The molecule has 0 spiro atoms. The molecule has 0 heterocycles. The Morgan fingerprint density at radius 1 is 0.879 bits per heavy atom. The normalized spacial score (nSPS) is 10.5. The second kappa shape index (κ2) is 11.1. The number of hydrogen-bond donors (Lipinski definition) is 1. The van der Waals surface area contributed by atoms with E-state index in [9.17, 15) is 9.59 Å². The number of rotatable bonds is 8. The van der Waals surface area contributed by atoms with Crippen LogP contribution in [-0.4, -0.2) is 33.2 Å². The van der Waals surface area contributed by atoms with Gasteiger partial charge in [0.1, 0.15) is 0 Å². The average molecular weight is 514 g/mol. The molecular formula is C23H20BrN3O6. The Hall–Kier alpha value is -3.92. The highest BCUT2D eigenvalue weighted by molar-refractivity contribution is 9.10. The third-order valence-corrected chi connectivity index (χ3v) is 5.08. The van der Waals surface area contributed by atoms with Gasteiger partial charge in [-0.3, -0.25) is 4.79 Å². The number of azo groups is 1. The van der Waals surface area contributed by atoms with Gasteiger partial charge < -0.3 is 19.0 Å². The van der Waals surface area contributed by atoms with Crippen molar-refractivity contribution in [2.75, 3.05) is 26.8 Å². The van der Waals surface area contributed by atoms with Crippen molar-refractivity contribution in [1.29, 1.82) is 0 Å². The number of methoxy groups -OCH3 is 3. The number of nitrogens with zero attached hydrogens (tertiary/aromatic N) is 2. The number of carbonyl (C=O) groups is 2. The van der Waals surface area contributed by atoms with Crippen LogP contribution >= 0.6 is 15.9 Å². The standard InChI is InChI=1S/C23H20BrN3O6/c1-30-19-12-14(13-20(31-2)21(19)32-3)23(29)33-27-16-10-8-15(9-11-16)25-26-22(28)17-6-4-5-7-18(17)24/h4-13,27H,1-3H3. The maximum Gasteiger partial charge on any atom is 0.363 e. The van der Waals surface area contributed by atoms with Crippen molar-refractivity contribution >= 4 is 39.2 Å². The minimum absolute atomic E-state index is 0.202. The van der Waals surface area contributed by atoms with Gasteiger partial charge in [0.2, 0.25) is 5.75 Å². The summed E-state index contributed by atoms with van der Waals surface area (Å²) in [5, 5.41) is 7.67. The van der Waals surface area contributed by atoms with Crippen LogP contribution in [-0.2, 0) is 4.84 Å². The predicted molar refractivity (Wildman–Crippen MR) is 125 cm³/mol. The molecule has 0 radical (unpaired) electrons. The maximum absolute atomic E-state index is 12.4. The lowest BCUT2D eigenvalue weighted by Gasteiger charge is -2.14. The first-order chi connectivity index (χ1) is 16.0. The van der Waals surface area contributed by atoms with Gasteiger partial charge in [0, 0.05) is 4.47 Å². The van der Waals surface area contributed by atoms with Gasteiger partial charge in [0.25, 0.3) is 5.91 Å². The lowest BCUT2D eigenvalue weighted by molar-refractivity contribution is 0.0595. The summed E-state index contributed by atoms with van der Waals surface area (Å²) >= 11 is 3.31. The van der Waals surface area contributed by atoms with E-state index in [2.05, 4.69) is 31.6 Å². The van der Waals surface area contributed by atoms with Crippen molar-refractivity contribution in [3.63, 3.8) is 0 Å². The summed E-state index contributed by atoms with van der Waals surface area (Å²) in [4.78, 5) is 29.8. The van der Waals surface area contributed by atoms with Crippen molar-refractivity contribution in [2.45, 2.75) is 0 Å². The van der Waals surface area contributed by atoms with Crippen molar-refractivity contribution < 1.29 is 28.6 Å². The van der Waals surface area contributed by atoms with Crippen molar-refractivity contribution in [3.8, 4) is 17.2 Å². The van der Waals surface area contributed by atoms with Crippen LogP contribution in [0.1, 0.15) is 20.7 Å². The van der Waals surface area contributed by atoms with E-state index < -0.39 is 11.9 Å². The molecule has 0 bridgehead atoms. The molecule has 3 rings (SSSR count). The Kier molecular flexibility index (Phi) is 7.98. The van der Waals surface area contributed by atoms with Gasteiger partial charge in [0.05, 0.1) is 43.8 Å². The summed E-state index contributed by atoms with van der Waals surface area (Å²) < 4.78 is 16.4. The van der Waals surface area contributed by atoms with Gasteiger partial charge in [-0.15, -0.1) is 10.2 Å². The molecule has 0 unspecified atom stereocenters. The Balaban J connectivity index is 1.63. The molecule has 1 amide bonds. The lowest BCUT2D eigenvalue weighted by Crippen LogP contribution is -2.11. The van der Waals surface area contributed by atoms with Crippen molar-refractivity contribution in [3.05, 3.63) is 76.3 Å². The monoisotopic (exact) mass is 513 g/mol. The lowest BCUT2D eigenvalue weighted by atomic mass is 10.2. The number of carbonyl (C=O) groups excluding carboxylic acids is 2. The quantitative estimate of drug-likeness (QED) is 0.309. The fourth-order valence-electron chi connectivity index (χ4n) is 2.75. The number of hydrogen-bond acceptors (Lipinski definition) is 8. The van der Waals surface area contributed by atoms with Crippen LogP contribution in [0.15, 0.2) is 75.4 Å². The molecule has 0 atom stereocenters. The molecule has 0 aliphatic carbocycles. The van der Waals surface area contributed by atoms with E-state index in [-0.39, 0.29) is 5.56 Å². The Bertz CT molecular complexity index is 1160. The number of amides is 1. The number of halogens is 1. The SMILES string of the molecule is COc1cc(C(=O)ONc2ccc(N=NC(=O)c3ccccc3Br)cc2)cc(OC)c1OC. The van der Waals surface area contributed by atoms with Gasteiger partial charge in [0.15, 0.2) is 11.5 Å². The highest BCUT2D eigenvalue weighted by Gasteiger charge is 2.18. The summed E-state index contributed by atoms with van der Waals surface area (Å²) in [6.45, 7) is 0. The largest absolute Gasteiger partial charge is 0.493 e. The van der Waals surface area contributed by atoms with Gasteiger partial charge in [-0.25, -0.2) is 10.3 Å². The molecule has 33 heavy (non-hydrogen) atoms. The van der Waals surface area contributed by atoms with Crippen LogP contribution in [0.3, 0.4) is 0 Å². The molecule has 0 aromatic heterocycles. The molecule has 0 saturated heterocycles. The fraction of sp³-hybridized carbons (Fsp3) is 0.130. The number of benzene rings is 3. The van der Waals surface area contributed by atoms with Gasteiger partial charge in [-0.05, 0) is 64.5 Å². The van der Waals surface area contributed by atoms with Gasteiger partial charge >= 0.3 is 5.97 Å². The van der Waals surface area contributed by atoms with Crippen LogP contribution in [0, 0.1) is 0 Å². The second-order valence-corrected chi connectivity index (χ2v) is 7.29. The molecule has 3 aromatic rings. The van der Waals surface area contributed by atoms with Crippen LogP contribution in [0.4, 0.5) is 11.4 Å². The first-order valence-electron chi connectivity index (χ1n) is 9.54. The van der Waals surface area contributed by atoms with Crippen molar-refractivity contribution in [1.82, 2.24) is 0 Å². The Morgan fingerprint density at radius 2 is 1.52 bits per heavy atom. The predicted octanol–water partition coefficient (Wildman–Crippen LogP) is 5.58. The van der Waals surface area contributed by atoms with Crippen LogP contribution in [0.2, 0.25) is 0 Å². The number of ether oxygens (including phenoxy) is 3. The summed E-state index contributed by atoms with van der Waals surface area (Å²) in [6, 6.07) is 16.4. The highest BCUT2D eigenvalue weighted by Crippen LogP contribution is 2.38. The molecular weight excluding hydrogens is 494 g/mol. The summed E-state index contributed by atoms with van der Waals surface area (Å²) in [7, 11) is 4.38. The Morgan fingerprint density at radius 3 is 2.09 bits per heavy atom. The minimum Gasteiger partial charge on any atom is -0.493 e. The van der Waals surface area contributed by atoms with E-state index in [1.165, 1.54) is 33.5 Å². The molecule has 0 saturated carbocycles. The molecule has 3 aromatic carbocycles. The molecule has 1 N–H and O–H groups in total. The third kappa shape index (κ3) is 5.86. The van der Waals surface area contributed by atoms with E-state index in [0.29, 0.717) is 38.7 Å². The third-order valence-electron chi connectivity index (χ3n) is 4.39. The molecule has 170 valence electrons. The van der Waals surface area contributed by atoms with E-state index in [4.69, 9.17) is 19.0 Å². The molecule has 10 heteroatoms. The Labute approximate surface area is 198 Å². The summed E-state index contributed by atoms with van der Waals surface area (Å²) in [6.07, 6.45) is 0. The molecule has 9 nitrogen and oxygen atoms in total. The first kappa shape index (κ1) is 23.7. The van der Waals surface area contributed by atoms with Crippen LogP contribution < -0.4 is 19.7 Å². The van der Waals surface area contributed by atoms with Gasteiger partial charge in [-0.2, -0.15) is 0 Å². The van der Waals surface area contributed by atoms with Crippen LogP contribution in [0.5, 0.6) is 17.2 Å². The molecule has 0 aliphatic rings. The zero-order chi connectivity index (χ0) is 23.8. The second-order valence-electron chi connectivity index (χ2n) is 6.44. The highest BCUT2D eigenvalue weighted by atomic mass is 79.9. The molecule has 0 aliphatic heterocycles. The van der Waals surface area contributed by atoms with E-state index >= 15 is 0 Å². The minimum atomic E-state index is -0.656. The summed E-state index contributed by atoms with van der Waals surface area (Å²) in [5.74, 6) is -0.0976. The first-order valence-corrected chi connectivity index (χ1v) is 10.3. The summed E-state index contributed by atoms with van der Waals surface area (Å²) in [5.41, 5.74) is 4.13. The van der Waals surface area contributed by atoms with E-state index in [0.717, 1.165) is 0 Å². The fourth-order valence-corrected chi connectivity index (χ4v) is 3.21. The number of nitrogens with one attached hydrogen (secondary N) is 1. The van der Waals surface area contributed by atoms with Crippen molar-refractivity contribution in [2.24, 2.45) is 10.2 Å². The zero-order valence-electron chi connectivity index (χ0n) is 18.0. The van der Waals surface area contributed by atoms with E-state index in [1.807, 2.05) is 0 Å². The van der Waals surface area contributed by atoms with Crippen LogP contribution in [0.25, 0.3) is 0 Å². The topological polar surface area (TPSA) is 108 Å². The average Bonchev–Trinajstić information content (AvgIpc) is 2.85. The van der Waals surface area contributed by atoms with E-state index in [1.54, 1.807) is 48.5 Å². The van der Waals surface area contributed by atoms with Gasteiger partial charge in [-0.1, -0.05) is 12.1 Å². The maximum atomic E-state index is 12.4.